The van der Waals surface area contributed by atoms with Crippen LogP contribution in [0.15, 0.2) is 48.5 Å². The Morgan fingerprint density at radius 3 is 2.16 bits per heavy atom. The zero-order valence-corrected chi connectivity index (χ0v) is 18.4. The number of rotatable bonds is 8. The SMILES string of the molecule is CC(C)CN(C(=O)COc1ccc(C(=O)c2ccc(F)cc2)cc1)[C@H]1CCS(=O)(=O)C1. The molecule has 0 unspecified atom stereocenters. The van der Waals surface area contributed by atoms with E-state index >= 15 is 0 Å². The zero-order valence-electron chi connectivity index (χ0n) is 17.6. The summed E-state index contributed by atoms with van der Waals surface area (Å²) in [5.74, 6) is -0.200. The Morgan fingerprint density at radius 2 is 1.65 bits per heavy atom. The smallest absolute Gasteiger partial charge is 0.260 e. The topological polar surface area (TPSA) is 80.8 Å². The number of hydrogen-bond donors (Lipinski definition) is 0. The first-order valence-corrected chi connectivity index (χ1v) is 12.0. The van der Waals surface area contributed by atoms with Crippen molar-refractivity contribution in [1.82, 2.24) is 4.90 Å². The van der Waals surface area contributed by atoms with Gasteiger partial charge in [0.2, 0.25) is 0 Å². The number of sulfone groups is 1. The maximum absolute atomic E-state index is 13.0. The molecule has 31 heavy (non-hydrogen) atoms. The third-order valence-electron chi connectivity index (χ3n) is 5.12. The molecule has 1 amide bonds. The Hall–Kier alpha value is -2.74. The van der Waals surface area contributed by atoms with Gasteiger partial charge in [-0.05, 0) is 60.9 Å². The van der Waals surface area contributed by atoms with Crippen molar-refractivity contribution in [3.05, 3.63) is 65.5 Å². The highest BCUT2D eigenvalue weighted by Gasteiger charge is 2.34. The van der Waals surface area contributed by atoms with Crippen molar-refractivity contribution in [2.45, 2.75) is 26.3 Å². The van der Waals surface area contributed by atoms with Gasteiger partial charge in [-0.3, -0.25) is 9.59 Å². The van der Waals surface area contributed by atoms with E-state index in [1.165, 1.54) is 24.3 Å². The normalized spacial score (nSPS) is 17.5. The number of benzene rings is 2. The van der Waals surface area contributed by atoms with E-state index in [9.17, 15) is 22.4 Å². The Kier molecular flexibility index (Phi) is 7.10. The molecule has 0 saturated carbocycles. The first-order valence-electron chi connectivity index (χ1n) is 10.2. The van der Waals surface area contributed by atoms with Crippen molar-refractivity contribution in [3.8, 4) is 5.75 Å². The number of carbonyl (C=O) groups is 2. The summed E-state index contributed by atoms with van der Waals surface area (Å²) in [7, 11) is -3.10. The maximum Gasteiger partial charge on any atom is 0.260 e. The summed E-state index contributed by atoms with van der Waals surface area (Å²) in [5.41, 5.74) is 0.795. The molecular formula is C23H26FNO5S. The minimum Gasteiger partial charge on any atom is -0.484 e. The molecule has 1 atom stereocenters. The highest BCUT2D eigenvalue weighted by Crippen LogP contribution is 2.20. The lowest BCUT2D eigenvalue weighted by molar-refractivity contribution is -0.135. The van der Waals surface area contributed by atoms with Crippen molar-refractivity contribution >= 4 is 21.5 Å². The zero-order chi connectivity index (χ0) is 22.6. The molecular weight excluding hydrogens is 421 g/mol. The van der Waals surface area contributed by atoms with Crippen LogP contribution in [0.25, 0.3) is 0 Å². The largest absolute Gasteiger partial charge is 0.484 e. The summed E-state index contributed by atoms with van der Waals surface area (Å²) in [4.78, 5) is 26.8. The summed E-state index contributed by atoms with van der Waals surface area (Å²) >= 11 is 0. The minimum absolute atomic E-state index is 0.00828. The van der Waals surface area contributed by atoms with Crippen LogP contribution in [0.1, 0.15) is 36.2 Å². The summed E-state index contributed by atoms with van der Waals surface area (Å²) < 4.78 is 42.3. The number of halogens is 1. The predicted molar refractivity (Wildman–Crippen MR) is 115 cm³/mol. The molecule has 0 radical (unpaired) electrons. The molecule has 1 heterocycles. The number of ketones is 1. The lowest BCUT2D eigenvalue weighted by atomic mass is 10.0. The van der Waals surface area contributed by atoms with Gasteiger partial charge in [0.25, 0.3) is 5.91 Å². The fourth-order valence-corrected chi connectivity index (χ4v) is 5.30. The van der Waals surface area contributed by atoms with Crippen molar-refractivity contribution in [1.29, 1.82) is 0 Å². The molecule has 0 aromatic heterocycles. The van der Waals surface area contributed by atoms with Crippen LogP contribution in [0.5, 0.6) is 5.75 Å². The maximum atomic E-state index is 13.0. The van der Waals surface area contributed by atoms with E-state index in [4.69, 9.17) is 4.74 Å². The molecule has 1 saturated heterocycles. The molecule has 1 fully saturated rings. The van der Waals surface area contributed by atoms with Crippen molar-refractivity contribution in [3.63, 3.8) is 0 Å². The van der Waals surface area contributed by atoms with Crippen LogP contribution in [0.3, 0.4) is 0 Å². The van der Waals surface area contributed by atoms with Crippen LogP contribution in [-0.4, -0.2) is 55.7 Å². The fraction of sp³-hybridized carbons (Fsp3) is 0.391. The van der Waals surface area contributed by atoms with Crippen LogP contribution in [-0.2, 0) is 14.6 Å². The molecule has 2 aromatic carbocycles. The van der Waals surface area contributed by atoms with Gasteiger partial charge in [0, 0.05) is 23.7 Å². The Balaban J connectivity index is 1.62. The predicted octanol–water partition coefficient (Wildman–Crippen LogP) is 3.11. The third-order valence-corrected chi connectivity index (χ3v) is 6.87. The molecule has 0 bridgehead atoms. The second-order valence-corrected chi connectivity index (χ2v) is 10.4. The van der Waals surface area contributed by atoms with Crippen molar-refractivity contribution < 1.29 is 27.1 Å². The van der Waals surface area contributed by atoms with Crippen molar-refractivity contribution in [2.24, 2.45) is 5.92 Å². The van der Waals surface area contributed by atoms with E-state index in [2.05, 4.69) is 0 Å². The van der Waals surface area contributed by atoms with Gasteiger partial charge in [-0.2, -0.15) is 0 Å². The molecule has 0 spiro atoms. The van der Waals surface area contributed by atoms with E-state index in [1.807, 2.05) is 13.8 Å². The lowest BCUT2D eigenvalue weighted by Crippen LogP contribution is -2.45. The van der Waals surface area contributed by atoms with Crippen LogP contribution in [0, 0.1) is 11.7 Å². The van der Waals surface area contributed by atoms with Gasteiger partial charge in [-0.1, -0.05) is 13.8 Å². The van der Waals surface area contributed by atoms with Gasteiger partial charge in [0.05, 0.1) is 11.5 Å². The molecule has 3 rings (SSSR count). The van der Waals surface area contributed by atoms with Crippen LogP contribution in [0.2, 0.25) is 0 Å². The van der Waals surface area contributed by atoms with E-state index < -0.39 is 15.7 Å². The van der Waals surface area contributed by atoms with E-state index in [-0.39, 0.29) is 41.8 Å². The summed E-state index contributed by atoms with van der Waals surface area (Å²) in [6.07, 6.45) is 0.445. The second kappa shape index (κ2) is 9.60. The second-order valence-electron chi connectivity index (χ2n) is 8.15. The molecule has 8 heteroatoms. The Morgan fingerprint density at radius 1 is 1.06 bits per heavy atom. The average molecular weight is 448 g/mol. The van der Waals surface area contributed by atoms with Gasteiger partial charge in [-0.15, -0.1) is 0 Å². The first kappa shape index (κ1) is 22.9. The monoisotopic (exact) mass is 447 g/mol. The molecule has 166 valence electrons. The van der Waals surface area contributed by atoms with Gasteiger partial charge >= 0.3 is 0 Å². The van der Waals surface area contributed by atoms with E-state index in [0.29, 0.717) is 29.8 Å². The van der Waals surface area contributed by atoms with E-state index in [0.717, 1.165) is 0 Å². The first-order chi connectivity index (χ1) is 14.6. The summed E-state index contributed by atoms with van der Waals surface area (Å²) in [6.45, 7) is 4.20. The minimum atomic E-state index is -3.10. The number of carbonyl (C=O) groups excluding carboxylic acids is 2. The quantitative estimate of drug-likeness (QED) is 0.581. The lowest BCUT2D eigenvalue weighted by Gasteiger charge is -2.29. The molecule has 1 aliphatic rings. The number of hydrogen-bond acceptors (Lipinski definition) is 5. The number of amides is 1. The third kappa shape index (κ3) is 6.13. The number of ether oxygens (including phenoxy) is 1. The average Bonchev–Trinajstić information content (AvgIpc) is 3.10. The van der Waals surface area contributed by atoms with Gasteiger partial charge < -0.3 is 9.64 Å². The van der Waals surface area contributed by atoms with Crippen molar-refractivity contribution in [2.75, 3.05) is 24.7 Å². The standard InChI is InChI=1S/C23H26FNO5S/c1-16(2)13-25(20-11-12-31(28,29)15-20)22(26)14-30-21-9-5-18(6-10-21)23(27)17-3-7-19(24)8-4-17/h3-10,16,20H,11-15H2,1-2H3/t20-/m0/s1. The number of nitrogens with zero attached hydrogens (tertiary/aromatic N) is 1. The summed E-state index contributed by atoms with van der Waals surface area (Å²) in [5, 5.41) is 0. The highest BCUT2D eigenvalue weighted by atomic mass is 32.2. The van der Waals surface area contributed by atoms with Gasteiger partial charge in [-0.25, -0.2) is 12.8 Å². The highest BCUT2D eigenvalue weighted by molar-refractivity contribution is 7.91. The van der Waals surface area contributed by atoms with Gasteiger partial charge in [0.15, 0.2) is 22.2 Å². The molecule has 2 aromatic rings. The summed E-state index contributed by atoms with van der Waals surface area (Å²) in [6, 6.07) is 11.3. The Bertz CT molecular complexity index is 1030. The molecule has 1 aliphatic heterocycles. The van der Waals surface area contributed by atoms with Crippen LogP contribution >= 0.6 is 0 Å². The van der Waals surface area contributed by atoms with E-state index in [1.54, 1.807) is 29.2 Å². The Labute approximate surface area is 181 Å². The van der Waals surface area contributed by atoms with Crippen LogP contribution < -0.4 is 4.74 Å². The van der Waals surface area contributed by atoms with Crippen LogP contribution in [0.4, 0.5) is 4.39 Å². The fourth-order valence-electron chi connectivity index (χ4n) is 3.57. The molecule has 6 nitrogen and oxygen atoms in total. The molecule has 0 aliphatic carbocycles. The van der Waals surface area contributed by atoms with Gasteiger partial charge in [0.1, 0.15) is 11.6 Å². The molecule has 0 N–H and O–H groups in total.